The number of amides is 4. The van der Waals surface area contributed by atoms with E-state index in [1.54, 1.807) is 6.92 Å². The zero-order valence-electron chi connectivity index (χ0n) is 15.0. The van der Waals surface area contributed by atoms with E-state index in [0.29, 0.717) is 18.4 Å². The number of nitrogens with zero attached hydrogens (tertiary/aromatic N) is 1. The number of nitrogens with one attached hydrogen (secondary N) is 3. The first-order chi connectivity index (χ1) is 12.8. The van der Waals surface area contributed by atoms with Crippen molar-refractivity contribution in [3.8, 4) is 0 Å². The highest BCUT2D eigenvalue weighted by Gasteiger charge is 2.52. The average Bonchev–Trinajstić information content (AvgIpc) is 2.86. The van der Waals surface area contributed by atoms with Crippen LogP contribution in [0.2, 0.25) is 0 Å². The molecule has 1 aromatic carbocycles. The number of carbonyl (C=O) groups excluding carboxylic acids is 3. The lowest BCUT2D eigenvalue weighted by molar-refractivity contribution is -0.139. The number of carbonyl (C=O) groups is 3. The Morgan fingerprint density at radius 3 is 2.59 bits per heavy atom. The number of hydrogen-bond donors (Lipinski definition) is 3. The lowest BCUT2D eigenvalue weighted by Gasteiger charge is -2.30. The van der Waals surface area contributed by atoms with Crippen LogP contribution in [0.25, 0.3) is 0 Å². The van der Waals surface area contributed by atoms with Crippen molar-refractivity contribution in [1.82, 2.24) is 21.1 Å². The molecule has 0 aromatic heterocycles. The van der Waals surface area contributed by atoms with E-state index < -0.39 is 41.1 Å². The second-order valence-electron chi connectivity index (χ2n) is 7.02. The van der Waals surface area contributed by atoms with Gasteiger partial charge in [0.05, 0.1) is 6.54 Å². The highest BCUT2D eigenvalue weighted by atomic mass is 19.2. The minimum atomic E-state index is -0.970. The van der Waals surface area contributed by atoms with Crippen molar-refractivity contribution >= 4 is 17.8 Å². The summed E-state index contributed by atoms with van der Waals surface area (Å²) in [6.07, 6.45) is 3.84. The van der Waals surface area contributed by atoms with Gasteiger partial charge in [0.2, 0.25) is 0 Å². The SMILES string of the molecule is C[C@H](NCC(=O)NN1C(=O)NC2(CCCCC2)C1=O)c1ccc(F)c(F)c1. The van der Waals surface area contributed by atoms with E-state index in [4.69, 9.17) is 0 Å². The zero-order valence-corrected chi connectivity index (χ0v) is 15.0. The lowest BCUT2D eigenvalue weighted by Crippen LogP contribution is -2.52. The molecule has 1 aromatic rings. The number of urea groups is 1. The van der Waals surface area contributed by atoms with E-state index in [2.05, 4.69) is 16.1 Å². The summed E-state index contributed by atoms with van der Waals surface area (Å²) in [6, 6.07) is 2.41. The largest absolute Gasteiger partial charge is 0.344 e. The van der Waals surface area contributed by atoms with E-state index >= 15 is 0 Å². The molecule has 146 valence electrons. The van der Waals surface area contributed by atoms with Crippen LogP contribution >= 0.6 is 0 Å². The summed E-state index contributed by atoms with van der Waals surface area (Å²) < 4.78 is 26.3. The number of hydrogen-bond acceptors (Lipinski definition) is 4. The normalized spacial score (nSPS) is 19.9. The van der Waals surface area contributed by atoms with E-state index in [0.717, 1.165) is 36.4 Å². The van der Waals surface area contributed by atoms with Crippen LogP contribution in [-0.2, 0) is 9.59 Å². The maximum Gasteiger partial charge on any atom is 0.344 e. The van der Waals surface area contributed by atoms with Crippen LogP contribution in [0.5, 0.6) is 0 Å². The first kappa shape index (κ1) is 19.2. The minimum Gasteiger partial charge on any atom is -0.322 e. The number of benzene rings is 1. The van der Waals surface area contributed by atoms with Gasteiger partial charge in [-0.05, 0) is 37.5 Å². The standard InChI is InChI=1S/C18H22F2N4O3/c1-11(12-5-6-13(19)14(20)9-12)21-10-15(25)23-24-16(26)18(22-17(24)27)7-3-2-4-8-18/h5-6,9,11,21H,2-4,7-8,10H2,1H3,(H,22,27)(H,23,25)/t11-/m0/s1. The van der Waals surface area contributed by atoms with Crippen molar-refractivity contribution in [3.05, 3.63) is 35.4 Å². The quantitative estimate of drug-likeness (QED) is 0.681. The van der Waals surface area contributed by atoms with Crippen molar-refractivity contribution < 1.29 is 23.2 Å². The van der Waals surface area contributed by atoms with Crippen LogP contribution in [0, 0.1) is 11.6 Å². The molecule has 3 rings (SSSR count). The second kappa shape index (κ2) is 7.59. The highest BCUT2D eigenvalue weighted by Crippen LogP contribution is 2.32. The third kappa shape index (κ3) is 3.92. The molecule has 1 aliphatic heterocycles. The number of rotatable bonds is 5. The molecule has 1 aliphatic carbocycles. The summed E-state index contributed by atoms with van der Waals surface area (Å²) >= 11 is 0. The summed E-state index contributed by atoms with van der Waals surface area (Å²) in [4.78, 5) is 36.8. The molecule has 2 fully saturated rings. The zero-order chi connectivity index (χ0) is 19.6. The molecule has 1 saturated heterocycles. The van der Waals surface area contributed by atoms with Gasteiger partial charge in [0, 0.05) is 6.04 Å². The molecule has 4 amide bonds. The van der Waals surface area contributed by atoms with Crippen molar-refractivity contribution in [2.24, 2.45) is 0 Å². The Hall–Kier alpha value is -2.55. The van der Waals surface area contributed by atoms with Crippen LogP contribution in [0.1, 0.15) is 50.6 Å². The molecular formula is C18H22F2N4O3. The molecule has 9 heteroatoms. The Kier molecular flexibility index (Phi) is 5.41. The van der Waals surface area contributed by atoms with Gasteiger partial charge in [-0.15, -0.1) is 0 Å². The van der Waals surface area contributed by atoms with Gasteiger partial charge < -0.3 is 10.6 Å². The monoisotopic (exact) mass is 380 g/mol. The Morgan fingerprint density at radius 1 is 1.22 bits per heavy atom. The third-order valence-electron chi connectivity index (χ3n) is 5.12. The topological polar surface area (TPSA) is 90.5 Å². The van der Waals surface area contributed by atoms with Gasteiger partial charge in [-0.1, -0.05) is 25.3 Å². The van der Waals surface area contributed by atoms with Gasteiger partial charge in [0.25, 0.3) is 11.8 Å². The van der Waals surface area contributed by atoms with Gasteiger partial charge in [-0.2, -0.15) is 5.01 Å². The van der Waals surface area contributed by atoms with Crippen molar-refractivity contribution in [3.63, 3.8) is 0 Å². The fraction of sp³-hybridized carbons (Fsp3) is 0.500. The van der Waals surface area contributed by atoms with Gasteiger partial charge >= 0.3 is 6.03 Å². The average molecular weight is 380 g/mol. The summed E-state index contributed by atoms with van der Waals surface area (Å²) in [5, 5.41) is 6.28. The van der Waals surface area contributed by atoms with Crippen molar-refractivity contribution in [2.75, 3.05) is 6.54 Å². The van der Waals surface area contributed by atoms with E-state index in [1.807, 2.05) is 0 Å². The summed E-state index contributed by atoms with van der Waals surface area (Å²) in [6.45, 7) is 1.48. The fourth-order valence-corrected chi connectivity index (χ4v) is 3.53. The van der Waals surface area contributed by atoms with Crippen LogP contribution < -0.4 is 16.1 Å². The Balaban J connectivity index is 1.55. The molecular weight excluding hydrogens is 358 g/mol. The molecule has 0 unspecified atom stereocenters. The maximum absolute atomic E-state index is 13.3. The Labute approximate surface area is 155 Å². The number of imide groups is 1. The van der Waals surface area contributed by atoms with E-state index in [-0.39, 0.29) is 6.54 Å². The fourth-order valence-electron chi connectivity index (χ4n) is 3.53. The predicted molar refractivity (Wildman–Crippen MR) is 92.1 cm³/mol. The molecule has 0 radical (unpaired) electrons. The summed E-state index contributed by atoms with van der Waals surface area (Å²) in [5.74, 6) is -2.93. The lowest BCUT2D eigenvalue weighted by atomic mass is 9.82. The molecule has 3 N–H and O–H groups in total. The van der Waals surface area contributed by atoms with Crippen LogP contribution in [0.15, 0.2) is 18.2 Å². The van der Waals surface area contributed by atoms with Gasteiger partial charge in [0.15, 0.2) is 11.6 Å². The van der Waals surface area contributed by atoms with E-state index in [9.17, 15) is 23.2 Å². The Morgan fingerprint density at radius 2 is 1.93 bits per heavy atom. The molecule has 1 spiro atoms. The molecule has 1 atom stereocenters. The maximum atomic E-state index is 13.3. The molecule has 2 aliphatic rings. The van der Waals surface area contributed by atoms with Gasteiger partial charge in [-0.25, -0.2) is 13.6 Å². The van der Waals surface area contributed by atoms with Crippen LogP contribution in [0.3, 0.4) is 0 Å². The van der Waals surface area contributed by atoms with Crippen molar-refractivity contribution in [1.29, 1.82) is 0 Å². The molecule has 7 nitrogen and oxygen atoms in total. The highest BCUT2D eigenvalue weighted by molar-refractivity contribution is 6.08. The van der Waals surface area contributed by atoms with Gasteiger partial charge in [-0.3, -0.25) is 15.0 Å². The predicted octanol–water partition coefficient (Wildman–Crippen LogP) is 1.90. The third-order valence-corrected chi connectivity index (χ3v) is 5.12. The molecule has 0 bridgehead atoms. The summed E-state index contributed by atoms with van der Waals surface area (Å²) in [7, 11) is 0. The number of hydrazine groups is 1. The van der Waals surface area contributed by atoms with Crippen molar-refractivity contribution in [2.45, 2.75) is 50.6 Å². The second-order valence-corrected chi connectivity index (χ2v) is 7.02. The Bertz CT molecular complexity index is 765. The van der Waals surface area contributed by atoms with Crippen LogP contribution in [0.4, 0.5) is 13.6 Å². The minimum absolute atomic E-state index is 0.204. The number of halogens is 2. The van der Waals surface area contributed by atoms with Gasteiger partial charge in [0.1, 0.15) is 5.54 Å². The van der Waals surface area contributed by atoms with E-state index in [1.165, 1.54) is 6.07 Å². The smallest absolute Gasteiger partial charge is 0.322 e. The summed E-state index contributed by atoms with van der Waals surface area (Å²) in [5.41, 5.74) is 1.88. The first-order valence-electron chi connectivity index (χ1n) is 8.97. The molecule has 27 heavy (non-hydrogen) atoms. The molecule has 1 heterocycles. The van der Waals surface area contributed by atoms with Crippen LogP contribution in [-0.4, -0.2) is 34.9 Å². The first-order valence-corrected chi connectivity index (χ1v) is 8.97. The molecule has 1 saturated carbocycles.